The minimum atomic E-state index is 0. The molecule has 144 valence electrons. The third-order valence-corrected chi connectivity index (χ3v) is 5.17. The van der Waals surface area contributed by atoms with E-state index in [9.17, 15) is 4.79 Å². The first-order valence-corrected chi connectivity index (χ1v) is 8.77. The summed E-state index contributed by atoms with van der Waals surface area (Å²) in [5.41, 5.74) is 5.10. The van der Waals surface area contributed by atoms with Crippen LogP contribution in [0.5, 0.6) is 0 Å². The maximum Gasteiger partial charge on any atom is 0.258 e. The predicted molar refractivity (Wildman–Crippen MR) is 115 cm³/mol. The highest BCUT2D eigenvalue weighted by Crippen LogP contribution is 2.37. The fourth-order valence-corrected chi connectivity index (χ4v) is 3.64. The van der Waals surface area contributed by atoms with Crippen molar-refractivity contribution in [2.45, 2.75) is 0 Å². The first-order chi connectivity index (χ1) is 12.1. The molecular formula is C21H26ClN3O2. The number of amides is 1. The molecule has 1 saturated heterocycles. The van der Waals surface area contributed by atoms with Gasteiger partial charge >= 0.3 is 0 Å². The number of likely N-dealkylation sites (N-methyl/N-ethyl adjacent to an activating group) is 2. The highest BCUT2D eigenvalue weighted by molar-refractivity contribution is 6.35. The van der Waals surface area contributed by atoms with Gasteiger partial charge in [-0.3, -0.25) is 4.79 Å². The Bertz CT molecular complexity index is 845. The lowest BCUT2D eigenvalue weighted by Crippen LogP contribution is -2.44. The average molecular weight is 388 g/mol. The van der Waals surface area contributed by atoms with E-state index in [2.05, 4.69) is 41.1 Å². The van der Waals surface area contributed by atoms with E-state index in [1.54, 1.807) is 4.90 Å². The number of hydrogen-bond acceptors (Lipinski definition) is 3. The SMILES string of the molecule is CN1CCN(c2ccccc2C=C2C(=O)N(C)c3ccccc32)CC1.Cl.O. The number of carbonyl (C=O) groups excluding carboxylic acids is 1. The number of rotatable bonds is 2. The first kappa shape index (κ1) is 21.0. The number of anilines is 2. The second kappa shape index (κ2) is 8.57. The summed E-state index contributed by atoms with van der Waals surface area (Å²) in [6.45, 7) is 4.16. The van der Waals surface area contributed by atoms with Crippen LogP contribution in [-0.2, 0) is 4.79 Å². The summed E-state index contributed by atoms with van der Waals surface area (Å²) in [7, 11) is 4.00. The summed E-state index contributed by atoms with van der Waals surface area (Å²) in [5.74, 6) is 0.0642. The number of benzene rings is 2. The highest BCUT2D eigenvalue weighted by Gasteiger charge is 2.29. The zero-order chi connectivity index (χ0) is 17.4. The molecule has 6 heteroatoms. The van der Waals surface area contributed by atoms with Gasteiger partial charge in [0, 0.05) is 50.1 Å². The molecule has 0 unspecified atom stereocenters. The molecule has 2 aromatic carbocycles. The molecule has 4 rings (SSSR count). The molecule has 2 aliphatic heterocycles. The Morgan fingerprint density at radius 2 is 1.44 bits per heavy atom. The van der Waals surface area contributed by atoms with Crippen molar-refractivity contribution in [2.75, 3.05) is 50.1 Å². The van der Waals surface area contributed by atoms with Gasteiger partial charge in [0.05, 0.1) is 5.69 Å². The Kier molecular flexibility index (Phi) is 6.65. The molecule has 0 aromatic heterocycles. The lowest BCUT2D eigenvalue weighted by molar-refractivity contribution is -0.112. The first-order valence-electron chi connectivity index (χ1n) is 8.77. The van der Waals surface area contributed by atoms with Crippen LogP contribution in [0.1, 0.15) is 11.1 Å². The van der Waals surface area contributed by atoms with Crippen LogP contribution in [0.4, 0.5) is 11.4 Å². The molecule has 5 nitrogen and oxygen atoms in total. The molecule has 0 atom stereocenters. The van der Waals surface area contributed by atoms with Gasteiger partial charge in [-0.25, -0.2) is 0 Å². The highest BCUT2D eigenvalue weighted by atomic mass is 35.5. The summed E-state index contributed by atoms with van der Waals surface area (Å²) in [6.07, 6.45) is 2.05. The molecule has 0 aliphatic carbocycles. The molecule has 2 aromatic rings. The third-order valence-electron chi connectivity index (χ3n) is 5.17. The fourth-order valence-electron chi connectivity index (χ4n) is 3.64. The Balaban J connectivity index is 0.00000131. The van der Waals surface area contributed by atoms with Gasteiger partial charge in [0.25, 0.3) is 5.91 Å². The number of carbonyl (C=O) groups is 1. The Labute approximate surface area is 166 Å². The van der Waals surface area contributed by atoms with E-state index in [1.165, 1.54) is 5.69 Å². The monoisotopic (exact) mass is 387 g/mol. The smallest absolute Gasteiger partial charge is 0.258 e. The van der Waals surface area contributed by atoms with Crippen LogP contribution < -0.4 is 9.80 Å². The third kappa shape index (κ3) is 3.86. The zero-order valence-corrected chi connectivity index (χ0v) is 16.5. The molecule has 0 saturated carbocycles. The maximum atomic E-state index is 12.7. The Hall–Kier alpha value is -2.34. The second-order valence-corrected chi connectivity index (χ2v) is 6.79. The maximum absolute atomic E-state index is 12.7. The van der Waals surface area contributed by atoms with Crippen molar-refractivity contribution in [2.24, 2.45) is 0 Å². The van der Waals surface area contributed by atoms with Gasteiger partial charge in [0.2, 0.25) is 0 Å². The van der Waals surface area contributed by atoms with Crippen LogP contribution in [0.25, 0.3) is 11.6 Å². The molecule has 0 bridgehead atoms. The number of hydrogen-bond donors (Lipinski definition) is 0. The number of fused-ring (bicyclic) bond motifs is 1. The minimum Gasteiger partial charge on any atom is -0.412 e. The second-order valence-electron chi connectivity index (χ2n) is 6.79. The number of piperazine rings is 1. The molecule has 0 spiro atoms. The fraction of sp³-hybridized carbons (Fsp3) is 0.286. The van der Waals surface area contributed by atoms with E-state index >= 15 is 0 Å². The van der Waals surface area contributed by atoms with Gasteiger partial charge in [0.1, 0.15) is 0 Å². The minimum absolute atomic E-state index is 0. The van der Waals surface area contributed by atoms with Crippen LogP contribution in [-0.4, -0.2) is 56.6 Å². The summed E-state index contributed by atoms with van der Waals surface area (Å²) < 4.78 is 0. The van der Waals surface area contributed by atoms with E-state index in [1.807, 2.05) is 37.4 Å². The molecule has 2 aliphatic rings. The molecule has 0 radical (unpaired) electrons. The van der Waals surface area contributed by atoms with Gasteiger partial charge in [-0.1, -0.05) is 36.4 Å². The van der Waals surface area contributed by atoms with Crippen molar-refractivity contribution in [3.05, 3.63) is 59.7 Å². The van der Waals surface area contributed by atoms with Crippen molar-refractivity contribution in [1.29, 1.82) is 0 Å². The molecular weight excluding hydrogens is 362 g/mol. The van der Waals surface area contributed by atoms with E-state index in [4.69, 9.17) is 0 Å². The predicted octanol–water partition coefficient (Wildman–Crippen LogP) is 2.55. The quantitative estimate of drug-likeness (QED) is 0.744. The van der Waals surface area contributed by atoms with Crippen LogP contribution in [0, 0.1) is 0 Å². The van der Waals surface area contributed by atoms with E-state index in [0.717, 1.165) is 48.6 Å². The molecule has 2 N–H and O–H groups in total. The normalized spacial score (nSPS) is 18.1. The summed E-state index contributed by atoms with van der Waals surface area (Å²) in [6, 6.07) is 16.4. The van der Waals surface area contributed by atoms with Crippen LogP contribution >= 0.6 is 12.4 Å². The van der Waals surface area contributed by atoms with Gasteiger partial charge < -0.3 is 20.2 Å². The average Bonchev–Trinajstić information content (AvgIpc) is 2.88. The molecule has 27 heavy (non-hydrogen) atoms. The van der Waals surface area contributed by atoms with E-state index in [0.29, 0.717) is 0 Å². The summed E-state index contributed by atoms with van der Waals surface area (Å²) >= 11 is 0. The summed E-state index contributed by atoms with van der Waals surface area (Å²) in [5, 5.41) is 0. The lowest BCUT2D eigenvalue weighted by atomic mass is 10.0. The zero-order valence-electron chi connectivity index (χ0n) is 15.7. The van der Waals surface area contributed by atoms with Gasteiger partial charge in [-0.05, 0) is 30.8 Å². The Morgan fingerprint density at radius 3 is 2.15 bits per heavy atom. The summed E-state index contributed by atoms with van der Waals surface area (Å²) in [4.78, 5) is 19.2. The van der Waals surface area contributed by atoms with Crippen LogP contribution in [0.15, 0.2) is 48.5 Å². The van der Waals surface area contributed by atoms with Gasteiger partial charge in [-0.2, -0.15) is 0 Å². The molecule has 1 amide bonds. The lowest BCUT2D eigenvalue weighted by Gasteiger charge is -2.35. The van der Waals surface area contributed by atoms with Crippen molar-refractivity contribution in [3.8, 4) is 0 Å². The topological polar surface area (TPSA) is 58.3 Å². The van der Waals surface area contributed by atoms with Crippen LogP contribution in [0.2, 0.25) is 0 Å². The van der Waals surface area contributed by atoms with E-state index < -0.39 is 0 Å². The molecule has 2 heterocycles. The van der Waals surface area contributed by atoms with Gasteiger partial charge in [-0.15, -0.1) is 12.4 Å². The Morgan fingerprint density at radius 1 is 0.852 bits per heavy atom. The van der Waals surface area contributed by atoms with Crippen molar-refractivity contribution in [3.63, 3.8) is 0 Å². The number of nitrogens with zero attached hydrogens (tertiary/aromatic N) is 3. The number of para-hydroxylation sites is 2. The largest absolute Gasteiger partial charge is 0.412 e. The number of halogens is 1. The van der Waals surface area contributed by atoms with Crippen LogP contribution in [0.3, 0.4) is 0 Å². The molecule has 1 fully saturated rings. The van der Waals surface area contributed by atoms with Crippen molar-refractivity contribution >= 4 is 41.3 Å². The van der Waals surface area contributed by atoms with E-state index in [-0.39, 0.29) is 23.8 Å². The standard InChI is InChI=1S/C21H23N3O.ClH.H2O/c1-22-11-13-24(14-12-22)19-9-5-3-7-16(19)15-18-17-8-4-6-10-20(17)23(2)21(18)25;;/h3-10,15H,11-14H2,1-2H3;1H;1H2. The van der Waals surface area contributed by atoms with Crippen molar-refractivity contribution in [1.82, 2.24) is 4.90 Å². The van der Waals surface area contributed by atoms with Crippen molar-refractivity contribution < 1.29 is 10.3 Å². The van der Waals surface area contributed by atoms with Gasteiger partial charge in [0.15, 0.2) is 0 Å².